The maximum Gasteiger partial charge on any atom is 0.279 e. The molecule has 4 N–H and O–H groups in total. The fourth-order valence-electron chi connectivity index (χ4n) is 2.37. The van der Waals surface area contributed by atoms with E-state index in [9.17, 15) is 8.42 Å². The summed E-state index contributed by atoms with van der Waals surface area (Å²) in [6.07, 6.45) is 6.79. The second-order valence-corrected chi connectivity index (χ2v) is 6.76. The average molecular weight is 287 g/mol. The second-order valence-electron chi connectivity index (χ2n) is 4.94. The van der Waals surface area contributed by atoms with Crippen LogP contribution < -0.4 is 10.5 Å². The van der Waals surface area contributed by atoms with Gasteiger partial charge in [0.05, 0.1) is 6.20 Å². The molecular formula is C11H21N5O2S. The minimum absolute atomic E-state index is 0.105. The van der Waals surface area contributed by atoms with Gasteiger partial charge in [-0.2, -0.15) is 22.5 Å². The Hall–Kier alpha value is -1.12. The Bertz CT molecular complexity index is 507. The van der Waals surface area contributed by atoms with E-state index in [1.807, 2.05) is 0 Å². The molecule has 1 saturated carbocycles. The van der Waals surface area contributed by atoms with Gasteiger partial charge in [0.2, 0.25) is 0 Å². The smallest absolute Gasteiger partial charge is 0.279 e. The van der Waals surface area contributed by atoms with Crippen molar-refractivity contribution in [1.29, 1.82) is 0 Å². The van der Waals surface area contributed by atoms with E-state index in [4.69, 9.17) is 5.73 Å². The van der Waals surface area contributed by atoms with Gasteiger partial charge in [-0.1, -0.05) is 19.3 Å². The molecule has 0 amide bonds. The van der Waals surface area contributed by atoms with Gasteiger partial charge in [-0.3, -0.25) is 5.10 Å². The van der Waals surface area contributed by atoms with Crippen LogP contribution in [0.5, 0.6) is 0 Å². The molecule has 0 aliphatic heterocycles. The molecule has 0 atom stereocenters. The number of aromatic nitrogens is 2. The number of nitrogens with two attached hydrogens (primary N) is 1. The Kier molecular flexibility index (Phi) is 4.43. The fraction of sp³-hybridized carbons (Fsp3) is 0.727. The molecule has 19 heavy (non-hydrogen) atoms. The summed E-state index contributed by atoms with van der Waals surface area (Å²) in [5, 5.41) is 6.34. The number of nitrogens with zero attached hydrogens (tertiary/aromatic N) is 2. The number of nitrogens with one attached hydrogen (secondary N) is 2. The summed E-state index contributed by atoms with van der Waals surface area (Å²) >= 11 is 0. The van der Waals surface area contributed by atoms with Crippen LogP contribution in [0.1, 0.15) is 37.7 Å². The Balaban J connectivity index is 1.95. The quantitative estimate of drug-likeness (QED) is 0.737. The molecule has 0 bridgehead atoms. The van der Waals surface area contributed by atoms with Gasteiger partial charge in [0.15, 0.2) is 0 Å². The first-order valence-corrected chi connectivity index (χ1v) is 7.95. The number of hydrogen-bond acceptors (Lipinski definition) is 4. The predicted molar refractivity (Wildman–Crippen MR) is 73.4 cm³/mol. The zero-order valence-corrected chi connectivity index (χ0v) is 11.9. The van der Waals surface area contributed by atoms with Crippen LogP contribution in [0.25, 0.3) is 0 Å². The van der Waals surface area contributed by atoms with E-state index in [1.165, 1.54) is 16.9 Å². The van der Waals surface area contributed by atoms with Crippen molar-refractivity contribution in [3.05, 3.63) is 11.8 Å². The Labute approximate surface area is 113 Å². The van der Waals surface area contributed by atoms with Crippen molar-refractivity contribution in [2.24, 2.45) is 0 Å². The molecule has 8 heteroatoms. The molecule has 0 saturated heterocycles. The number of aromatic amines is 1. The number of anilines is 1. The normalized spacial score (nSPS) is 18.0. The lowest BCUT2D eigenvalue weighted by atomic mass is 9.96. The van der Waals surface area contributed by atoms with Gasteiger partial charge in [-0.05, 0) is 12.8 Å². The van der Waals surface area contributed by atoms with Crippen molar-refractivity contribution >= 4 is 16.0 Å². The molecular weight excluding hydrogens is 266 g/mol. The highest BCUT2D eigenvalue weighted by atomic mass is 32.2. The highest BCUT2D eigenvalue weighted by molar-refractivity contribution is 7.87. The monoisotopic (exact) mass is 287 g/mol. The van der Waals surface area contributed by atoms with Crippen LogP contribution in [0.2, 0.25) is 0 Å². The lowest BCUT2D eigenvalue weighted by molar-refractivity contribution is 0.283. The molecule has 0 radical (unpaired) electrons. The summed E-state index contributed by atoms with van der Waals surface area (Å²) in [4.78, 5) is 0. The summed E-state index contributed by atoms with van der Waals surface area (Å²) in [5.74, 6) is 0.392. The molecule has 1 aliphatic carbocycles. The topological polar surface area (TPSA) is 104 Å². The van der Waals surface area contributed by atoms with Crippen LogP contribution >= 0.6 is 0 Å². The molecule has 2 rings (SSSR count). The molecule has 7 nitrogen and oxygen atoms in total. The Morgan fingerprint density at radius 1 is 1.47 bits per heavy atom. The van der Waals surface area contributed by atoms with Crippen molar-refractivity contribution in [2.75, 3.05) is 12.8 Å². The number of rotatable bonds is 5. The first kappa shape index (κ1) is 14.3. The molecule has 108 valence electrons. The van der Waals surface area contributed by atoms with Gasteiger partial charge in [-0.15, -0.1) is 0 Å². The van der Waals surface area contributed by atoms with E-state index < -0.39 is 10.2 Å². The summed E-state index contributed by atoms with van der Waals surface area (Å²) in [6, 6.07) is 0.105. The van der Waals surface area contributed by atoms with Crippen molar-refractivity contribution in [2.45, 2.75) is 44.7 Å². The van der Waals surface area contributed by atoms with E-state index in [2.05, 4.69) is 14.9 Å². The van der Waals surface area contributed by atoms with Crippen LogP contribution in [0, 0.1) is 0 Å². The van der Waals surface area contributed by atoms with Gasteiger partial charge < -0.3 is 5.73 Å². The first-order chi connectivity index (χ1) is 9.00. The standard InChI is InChI=1S/C11H21N5O2S/c1-16(10-5-3-2-4-6-10)19(17,18)14-8-9-7-13-15-11(9)12/h7,10,14H,2-6,8H2,1H3,(H3,12,13,15). The van der Waals surface area contributed by atoms with Crippen LogP contribution in [0.4, 0.5) is 5.82 Å². The Morgan fingerprint density at radius 2 is 2.16 bits per heavy atom. The summed E-state index contributed by atoms with van der Waals surface area (Å²) in [7, 11) is -1.83. The number of H-pyrrole nitrogens is 1. The predicted octanol–water partition coefficient (Wildman–Crippen LogP) is 0.591. The van der Waals surface area contributed by atoms with Crippen LogP contribution in [-0.4, -0.2) is 36.0 Å². The molecule has 1 aliphatic rings. The number of hydrogen-bond donors (Lipinski definition) is 3. The van der Waals surface area contributed by atoms with Crippen molar-refractivity contribution in [3.8, 4) is 0 Å². The minimum atomic E-state index is -3.47. The summed E-state index contributed by atoms with van der Waals surface area (Å²) < 4.78 is 28.4. The SMILES string of the molecule is CN(C1CCCCC1)S(=O)(=O)NCc1cn[nH]c1N. The van der Waals surface area contributed by atoms with Crippen LogP contribution in [0.15, 0.2) is 6.20 Å². The third-order valence-electron chi connectivity index (χ3n) is 3.66. The molecule has 0 aromatic carbocycles. The Morgan fingerprint density at radius 3 is 2.74 bits per heavy atom. The van der Waals surface area contributed by atoms with E-state index in [-0.39, 0.29) is 12.6 Å². The third-order valence-corrected chi connectivity index (χ3v) is 5.23. The van der Waals surface area contributed by atoms with Gasteiger partial charge >= 0.3 is 0 Å². The van der Waals surface area contributed by atoms with Crippen molar-refractivity contribution in [3.63, 3.8) is 0 Å². The van der Waals surface area contributed by atoms with E-state index in [0.717, 1.165) is 25.7 Å². The first-order valence-electron chi connectivity index (χ1n) is 6.51. The zero-order chi connectivity index (χ0) is 13.9. The van der Waals surface area contributed by atoms with E-state index in [0.29, 0.717) is 11.4 Å². The zero-order valence-electron chi connectivity index (χ0n) is 11.1. The van der Waals surface area contributed by atoms with Crippen molar-refractivity contribution < 1.29 is 8.42 Å². The average Bonchev–Trinajstić information content (AvgIpc) is 2.82. The second kappa shape index (κ2) is 5.89. The van der Waals surface area contributed by atoms with Gasteiger partial charge in [0, 0.05) is 25.2 Å². The molecule has 1 fully saturated rings. The summed E-state index contributed by atoms with van der Waals surface area (Å²) in [5.41, 5.74) is 6.28. The maximum atomic E-state index is 12.2. The molecule has 1 aromatic rings. The fourth-order valence-corrected chi connectivity index (χ4v) is 3.52. The van der Waals surface area contributed by atoms with E-state index >= 15 is 0 Å². The number of nitrogen functional groups attached to an aromatic ring is 1. The largest absolute Gasteiger partial charge is 0.384 e. The van der Waals surface area contributed by atoms with Gasteiger partial charge in [-0.25, -0.2) is 0 Å². The molecule has 1 aromatic heterocycles. The summed E-state index contributed by atoms with van der Waals surface area (Å²) in [6.45, 7) is 0.154. The van der Waals surface area contributed by atoms with Crippen LogP contribution in [-0.2, 0) is 16.8 Å². The van der Waals surface area contributed by atoms with Gasteiger partial charge in [0.25, 0.3) is 10.2 Å². The van der Waals surface area contributed by atoms with Crippen LogP contribution in [0.3, 0.4) is 0 Å². The van der Waals surface area contributed by atoms with Crippen molar-refractivity contribution in [1.82, 2.24) is 19.2 Å². The maximum absolute atomic E-state index is 12.2. The molecule has 0 spiro atoms. The lowest BCUT2D eigenvalue weighted by Crippen LogP contribution is -2.44. The molecule has 1 heterocycles. The highest BCUT2D eigenvalue weighted by Gasteiger charge is 2.27. The minimum Gasteiger partial charge on any atom is -0.384 e. The lowest BCUT2D eigenvalue weighted by Gasteiger charge is -2.30. The molecule has 0 unspecified atom stereocenters. The highest BCUT2D eigenvalue weighted by Crippen LogP contribution is 2.23. The van der Waals surface area contributed by atoms with Gasteiger partial charge in [0.1, 0.15) is 5.82 Å². The van der Waals surface area contributed by atoms with E-state index in [1.54, 1.807) is 7.05 Å². The third kappa shape index (κ3) is 3.46.